The molecule has 4 aromatic rings. The Morgan fingerprint density at radius 3 is 2.48 bits per heavy atom. The second-order valence-electron chi connectivity index (χ2n) is 6.29. The van der Waals surface area contributed by atoms with Gasteiger partial charge in [0, 0.05) is 13.1 Å². The molecular formula is C18H18N8O2S. The molecule has 0 aliphatic carbocycles. The van der Waals surface area contributed by atoms with Crippen molar-refractivity contribution < 1.29 is 8.42 Å². The molecule has 0 atom stereocenters. The third-order valence-electron chi connectivity index (χ3n) is 4.17. The fraction of sp³-hybridized carbons (Fsp3) is 0.111. The van der Waals surface area contributed by atoms with Crippen molar-refractivity contribution in [2.75, 3.05) is 10.6 Å². The Kier molecular flexibility index (Phi) is 5.06. The zero-order valence-electron chi connectivity index (χ0n) is 15.2. The standard InChI is InChI=1S/C18H18N8O2S/c19-29(27,28)14-8-4-7-13(9-14)11-21-18-22-16(15-17(23-18)25-26-24-15)20-10-12-5-2-1-3-6-12/h1-9H,10-11H2,(H2,19,27,28)(H3,20,21,22,23,24,25,26). The number of aromatic nitrogens is 5. The Morgan fingerprint density at radius 2 is 1.69 bits per heavy atom. The van der Waals surface area contributed by atoms with Crippen molar-refractivity contribution >= 4 is 33.0 Å². The molecule has 2 aromatic heterocycles. The average Bonchev–Trinajstić information content (AvgIpc) is 3.20. The number of nitrogens with one attached hydrogen (secondary N) is 3. The van der Waals surface area contributed by atoms with E-state index >= 15 is 0 Å². The van der Waals surface area contributed by atoms with Gasteiger partial charge in [-0.25, -0.2) is 18.7 Å². The Labute approximate surface area is 166 Å². The van der Waals surface area contributed by atoms with Crippen LogP contribution in [-0.4, -0.2) is 33.8 Å². The van der Waals surface area contributed by atoms with Gasteiger partial charge in [0.05, 0.1) is 4.90 Å². The molecular weight excluding hydrogens is 392 g/mol. The first-order valence-electron chi connectivity index (χ1n) is 8.71. The first-order chi connectivity index (χ1) is 14.0. The Bertz CT molecular complexity index is 1240. The molecule has 0 fully saturated rings. The third kappa shape index (κ3) is 4.47. The van der Waals surface area contributed by atoms with Crippen LogP contribution in [0.3, 0.4) is 0 Å². The van der Waals surface area contributed by atoms with Gasteiger partial charge in [-0.15, -0.1) is 5.10 Å². The smallest absolute Gasteiger partial charge is 0.238 e. The number of fused-ring (bicyclic) bond motifs is 1. The summed E-state index contributed by atoms with van der Waals surface area (Å²) in [6.07, 6.45) is 0. The number of aromatic amines is 1. The van der Waals surface area contributed by atoms with Crippen LogP contribution in [0.4, 0.5) is 11.8 Å². The van der Waals surface area contributed by atoms with Crippen molar-refractivity contribution in [1.29, 1.82) is 0 Å². The number of sulfonamides is 1. The van der Waals surface area contributed by atoms with E-state index in [1.807, 2.05) is 30.3 Å². The van der Waals surface area contributed by atoms with Crippen LogP contribution in [0.2, 0.25) is 0 Å². The summed E-state index contributed by atoms with van der Waals surface area (Å²) in [4.78, 5) is 8.88. The minimum absolute atomic E-state index is 0.0520. The highest BCUT2D eigenvalue weighted by molar-refractivity contribution is 7.89. The van der Waals surface area contributed by atoms with E-state index in [1.165, 1.54) is 12.1 Å². The lowest BCUT2D eigenvalue weighted by Gasteiger charge is -2.10. The van der Waals surface area contributed by atoms with Gasteiger partial charge in [-0.2, -0.15) is 9.97 Å². The molecule has 10 nitrogen and oxygen atoms in total. The van der Waals surface area contributed by atoms with Crippen molar-refractivity contribution in [3.8, 4) is 0 Å². The molecule has 11 heteroatoms. The molecule has 2 heterocycles. The van der Waals surface area contributed by atoms with Crippen LogP contribution in [0, 0.1) is 0 Å². The summed E-state index contributed by atoms with van der Waals surface area (Å²) in [7, 11) is -3.76. The van der Waals surface area contributed by atoms with Crippen LogP contribution >= 0.6 is 0 Å². The van der Waals surface area contributed by atoms with Crippen molar-refractivity contribution in [1.82, 2.24) is 25.4 Å². The fourth-order valence-electron chi connectivity index (χ4n) is 2.75. The lowest BCUT2D eigenvalue weighted by molar-refractivity contribution is 0.597. The molecule has 0 spiro atoms. The maximum absolute atomic E-state index is 11.5. The van der Waals surface area contributed by atoms with E-state index in [2.05, 4.69) is 36.0 Å². The van der Waals surface area contributed by atoms with Crippen LogP contribution in [0.1, 0.15) is 11.1 Å². The van der Waals surface area contributed by atoms with E-state index < -0.39 is 10.0 Å². The predicted octanol–water partition coefficient (Wildman–Crippen LogP) is 1.62. The SMILES string of the molecule is NS(=O)(=O)c1cccc(CNc2nc(NCc3ccccc3)c3nn[nH]c3n2)c1. The predicted molar refractivity (Wildman–Crippen MR) is 108 cm³/mol. The molecule has 0 saturated heterocycles. The number of nitrogens with zero attached hydrogens (tertiary/aromatic N) is 4. The van der Waals surface area contributed by atoms with E-state index in [0.29, 0.717) is 36.0 Å². The van der Waals surface area contributed by atoms with E-state index in [4.69, 9.17) is 5.14 Å². The maximum Gasteiger partial charge on any atom is 0.238 e. The van der Waals surface area contributed by atoms with Gasteiger partial charge in [-0.3, -0.25) is 0 Å². The lowest BCUT2D eigenvalue weighted by atomic mass is 10.2. The van der Waals surface area contributed by atoms with Gasteiger partial charge >= 0.3 is 0 Å². The number of hydrogen-bond donors (Lipinski definition) is 4. The molecule has 29 heavy (non-hydrogen) atoms. The van der Waals surface area contributed by atoms with Gasteiger partial charge in [0.15, 0.2) is 17.0 Å². The number of benzene rings is 2. The molecule has 0 aliphatic heterocycles. The minimum atomic E-state index is -3.76. The first kappa shape index (κ1) is 18.8. The van der Waals surface area contributed by atoms with Crippen LogP contribution < -0.4 is 15.8 Å². The number of hydrogen-bond acceptors (Lipinski definition) is 8. The lowest BCUT2D eigenvalue weighted by Crippen LogP contribution is -2.13. The topological polar surface area (TPSA) is 152 Å². The molecule has 148 valence electrons. The molecule has 4 rings (SSSR count). The van der Waals surface area contributed by atoms with Crippen LogP contribution in [0.15, 0.2) is 59.5 Å². The summed E-state index contributed by atoms with van der Waals surface area (Å²) in [6.45, 7) is 0.879. The molecule has 0 saturated carbocycles. The van der Waals surface area contributed by atoms with Gasteiger partial charge in [0.2, 0.25) is 16.0 Å². The summed E-state index contributed by atoms with van der Waals surface area (Å²) in [6, 6.07) is 16.3. The van der Waals surface area contributed by atoms with Crippen LogP contribution in [0.25, 0.3) is 11.2 Å². The number of anilines is 2. The highest BCUT2D eigenvalue weighted by Gasteiger charge is 2.12. The van der Waals surface area contributed by atoms with E-state index in [0.717, 1.165) is 11.1 Å². The molecule has 0 amide bonds. The van der Waals surface area contributed by atoms with Crippen LogP contribution in [0.5, 0.6) is 0 Å². The van der Waals surface area contributed by atoms with Crippen molar-refractivity contribution in [2.24, 2.45) is 5.14 Å². The third-order valence-corrected chi connectivity index (χ3v) is 5.08. The minimum Gasteiger partial charge on any atom is -0.364 e. The quantitative estimate of drug-likeness (QED) is 0.359. The molecule has 0 bridgehead atoms. The second-order valence-corrected chi connectivity index (χ2v) is 7.85. The number of nitrogens with two attached hydrogens (primary N) is 1. The zero-order valence-corrected chi connectivity index (χ0v) is 16.0. The molecule has 0 radical (unpaired) electrons. The van der Waals surface area contributed by atoms with Crippen molar-refractivity contribution in [2.45, 2.75) is 18.0 Å². The van der Waals surface area contributed by atoms with E-state index in [9.17, 15) is 8.42 Å². The highest BCUT2D eigenvalue weighted by atomic mass is 32.2. The molecule has 0 unspecified atom stereocenters. The van der Waals surface area contributed by atoms with Crippen LogP contribution in [-0.2, 0) is 23.1 Å². The molecule has 0 aliphatic rings. The normalized spacial score (nSPS) is 11.5. The molecule has 2 aromatic carbocycles. The average molecular weight is 410 g/mol. The zero-order chi connectivity index (χ0) is 20.3. The monoisotopic (exact) mass is 410 g/mol. The Balaban J connectivity index is 1.54. The Hall–Kier alpha value is -3.57. The second kappa shape index (κ2) is 7.81. The van der Waals surface area contributed by atoms with Gasteiger partial charge < -0.3 is 10.6 Å². The number of primary sulfonamides is 1. The highest BCUT2D eigenvalue weighted by Crippen LogP contribution is 2.19. The molecule has 5 N–H and O–H groups in total. The van der Waals surface area contributed by atoms with E-state index in [1.54, 1.807) is 12.1 Å². The van der Waals surface area contributed by atoms with E-state index in [-0.39, 0.29) is 4.90 Å². The van der Waals surface area contributed by atoms with Crippen molar-refractivity contribution in [3.05, 3.63) is 65.7 Å². The van der Waals surface area contributed by atoms with Gasteiger partial charge in [-0.1, -0.05) is 47.7 Å². The first-order valence-corrected chi connectivity index (χ1v) is 10.3. The Morgan fingerprint density at radius 1 is 0.931 bits per heavy atom. The fourth-order valence-corrected chi connectivity index (χ4v) is 3.33. The van der Waals surface area contributed by atoms with Gasteiger partial charge in [-0.05, 0) is 23.3 Å². The largest absolute Gasteiger partial charge is 0.364 e. The summed E-state index contributed by atoms with van der Waals surface area (Å²) < 4.78 is 23.0. The number of rotatable bonds is 7. The summed E-state index contributed by atoms with van der Waals surface area (Å²) >= 11 is 0. The van der Waals surface area contributed by atoms with Gasteiger partial charge in [0.25, 0.3) is 0 Å². The maximum atomic E-state index is 11.5. The number of H-pyrrole nitrogens is 1. The summed E-state index contributed by atoms with van der Waals surface area (Å²) in [5, 5.41) is 22.1. The summed E-state index contributed by atoms with van der Waals surface area (Å²) in [5.41, 5.74) is 2.83. The summed E-state index contributed by atoms with van der Waals surface area (Å²) in [5.74, 6) is 0.883. The van der Waals surface area contributed by atoms with Gasteiger partial charge in [0.1, 0.15) is 0 Å². The van der Waals surface area contributed by atoms with Crippen molar-refractivity contribution in [3.63, 3.8) is 0 Å².